The number of fused-ring (bicyclic) bond motifs is 9. The zero-order chi connectivity index (χ0) is 37.5. The molecule has 0 atom stereocenters. The Hall–Kier alpha value is -7.41. The van der Waals surface area contributed by atoms with Gasteiger partial charge in [0.25, 0.3) is 0 Å². The first-order chi connectivity index (χ1) is 28.2. The van der Waals surface area contributed by atoms with E-state index in [4.69, 9.17) is 23.8 Å². The highest BCUT2D eigenvalue weighted by atomic mass is 32.1. The van der Waals surface area contributed by atoms with Gasteiger partial charge in [-0.3, -0.25) is 0 Å². The standard InChI is InChI=1S/C51H29N3O2S/c1-2-12-30(13-3-1)49-52-50(31-24-26-36-35-16-6-8-21-42(35)56-45(36)28-31)54-51(53-49)32-25-27-37-40-20-10-19-39(48(40)57-46(37)29-32)34-15-5-4-14-33(34)38-18-11-23-44-47(38)41-17-7-9-22-43(41)55-44/h1-29H. The van der Waals surface area contributed by atoms with Crippen LogP contribution in [0.5, 0.6) is 0 Å². The Morgan fingerprint density at radius 2 is 0.860 bits per heavy atom. The molecule has 0 N–H and O–H groups in total. The van der Waals surface area contributed by atoms with E-state index in [1.165, 1.54) is 36.9 Å². The molecule has 0 fully saturated rings. The van der Waals surface area contributed by atoms with Gasteiger partial charge in [0, 0.05) is 64.0 Å². The summed E-state index contributed by atoms with van der Waals surface area (Å²) in [6.45, 7) is 0. The summed E-state index contributed by atoms with van der Waals surface area (Å²) in [6, 6.07) is 61.0. The molecule has 0 saturated carbocycles. The van der Waals surface area contributed by atoms with Crippen molar-refractivity contribution in [1.82, 2.24) is 15.0 Å². The SMILES string of the molecule is c1ccc(-c2nc(-c3ccc4c(c3)oc3ccccc34)nc(-c3ccc4c(c3)sc3c(-c5ccccc5-c5cccc6oc7ccccc7c56)cccc34)n2)cc1. The summed E-state index contributed by atoms with van der Waals surface area (Å²) in [6.07, 6.45) is 0. The summed E-state index contributed by atoms with van der Waals surface area (Å²) in [5.41, 5.74) is 10.9. The van der Waals surface area contributed by atoms with Gasteiger partial charge in [0.15, 0.2) is 17.5 Å². The fraction of sp³-hybridized carbons (Fsp3) is 0. The maximum atomic E-state index is 6.29. The van der Waals surface area contributed by atoms with Gasteiger partial charge in [-0.1, -0.05) is 140 Å². The summed E-state index contributed by atoms with van der Waals surface area (Å²) in [7, 11) is 0. The Labute approximate surface area is 330 Å². The number of benzene rings is 8. The Morgan fingerprint density at radius 1 is 0.333 bits per heavy atom. The normalized spacial score (nSPS) is 11.9. The Kier molecular flexibility index (Phi) is 7.03. The van der Waals surface area contributed by atoms with Crippen molar-refractivity contribution in [2.75, 3.05) is 0 Å². The van der Waals surface area contributed by atoms with Crippen LogP contribution in [0.25, 0.3) is 120 Å². The van der Waals surface area contributed by atoms with Gasteiger partial charge in [-0.2, -0.15) is 0 Å². The summed E-state index contributed by atoms with van der Waals surface area (Å²) in [5, 5.41) is 6.84. The van der Waals surface area contributed by atoms with Gasteiger partial charge in [0.05, 0.1) is 0 Å². The molecule has 0 radical (unpaired) electrons. The Morgan fingerprint density at radius 3 is 1.67 bits per heavy atom. The first-order valence-corrected chi connectivity index (χ1v) is 19.7. The molecule has 266 valence electrons. The first-order valence-electron chi connectivity index (χ1n) is 18.9. The highest BCUT2D eigenvalue weighted by Gasteiger charge is 2.19. The van der Waals surface area contributed by atoms with Crippen molar-refractivity contribution in [3.63, 3.8) is 0 Å². The fourth-order valence-electron chi connectivity index (χ4n) is 8.32. The molecule has 6 heteroatoms. The average Bonchev–Trinajstić information content (AvgIpc) is 3.97. The Balaban J connectivity index is 1.01. The lowest BCUT2D eigenvalue weighted by atomic mass is 9.91. The van der Waals surface area contributed by atoms with Crippen molar-refractivity contribution in [3.8, 4) is 56.4 Å². The molecule has 0 bridgehead atoms. The molecule has 0 aliphatic rings. The van der Waals surface area contributed by atoms with E-state index in [9.17, 15) is 0 Å². The first kappa shape index (κ1) is 31.9. The minimum absolute atomic E-state index is 0.594. The number of nitrogens with zero attached hydrogens (tertiary/aromatic N) is 3. The van der Waals surface area contributed by atoms with Crippen LogP contribution in [0.3, 0.4) is 0 Å². The van der Waals surface area contributed by atoms with E-state index in [0.29, 0.717) is 17.5 Å². The van der Waals surface area contributed by atoms with Crippen molar-refractivity contribution in [2.45, 2.75) is 0 Å². The van der Waals surface area contributed by atoms with Crippen molar-refractivity contribution < 1.29 is 8.83 Å². The molecule has 0 aliphatic heterocycles. The molecule has 0 spiro atoms. The van der Waals surface area contributed by atoms with Gasteiger partial charge >= 0.3 is 0 Å². The summed E-state index contributed by atoms with van der Waals surface area (Å²) < 4.78 is 15.0. The minimum atomic E-state index is 0.594. The van der Waals surface area contributed by atoms with E-state index < -0.39 is 0 Å². The van der Waals surface area contributed by atoms with Gasteiger partial charge in [-0.05, 0) is 53.1 Å². The van der Waals surface area contributed by atoms with E-state index >= 15 is 0 Å². The van der Waals surface area contributed by atoms with Crippen LogP contribution in [-0.2, 0) is 0 Å². The van der Waals surface area contributed by atoms with Crippen molar-refractivity contribution in [1.29, 1.82) is 0 Å². The summed E-state index contributed by atoms with van der Waals surface area (Å²) in [5.74, 6) is 1.84. The van der Waals surface area contributed by atoms with Gasteiger partial charge < -0.3 is 8.83 Å². The second-order valence-electron chi connectivity index (χ2n) is 14.3. The number of furan rings is 2. The number of para-hydroxylation sites is 2. The van der Waals surface area contributed by atoms with Crippen LogP contribution in [0, 0.1) is 0 Å². The van der Waals surface area contributed by atoms with E-state index in [0.717, 1.165) is 66.1 Å². The Bertz CT molecular complexity index is 3540. The van der Waals surface area contributed by atoms with Gasteiger partial charge in [-0.25, -0.2) is 15.0 Å². The maximum absolute atomic E-state index is 6.29. The summed E-state index contributed by atoms with van der Waals surface area (Å²) >= 11 is 1.81. The molecule has 4 heterocycles. The molecule has 8 aromatic carbocycles. The summed E-state index contributed by atoms with van der Waals surface area (Å²) in [4.78, 5) is 15.2. The molecule has 4 aromatic heterocycles. The number of thiophene rings is 1. The van der Waals surface area contributed by atoms with E-state index in [1.54, 1.807) is 11.3 Å². The van der Waals surface area contributed by atoms with E-state index in [1.807, 2.05) is 66.7 Å². The van der Waals surface area contributed by atoms with Gasteiger partial charge in [0.2, 0.25) is 0 Å². The lowest BCUT2D eigenvalue weighted by Gasteiger charge is -2.12. The van der Waals surface area contributed by atoms with Crippen molar-refractivity contribution in [2.24, 2.45) is 0 Å². The molecule has 0 aliphatic carbocycles. The van der Waals surface area contributed by atoms with Crippen LogP contribution in [0.4, 0.5) is 0 Å². The molecule has 0 saturated heterocycles. The lowest BCUT2D eigenvalue weighted by molar-refractivity contribution is 0.668. The number of aromatic nitrogens is 3. The zero-order valence-corrected chi connectivity index (χ0v) is 31.1. The second kappa shape index (κ2) is 12.6. The molecule has 0 unspecified atom stereocenters. The third-order valence-corrected chi connectivity index (χ3v) is 12.2. The molecule has 12 rings (SSSR count). The number of hydrogen-bond donors (Lipinski definition) is 0. The maximum Gasteiger partial charge on any atom is 0.164 e. The third-order valence-electron chi connectivity index (χ3n) is 11.0. The van der Waals surface area contributed by atoms with Crippen molar-refractivity contribution >= 4 is 75.4 Å². The van der Waals surface area contributed by atoms with E-state index in [-0.39, 0.29) is 0 Å². The minimum Gasteiger partial charge on any atom is -0.456 e. The largest absolute Gasteiger partial charge is 0.456 e. The van der Waals surface area contributed by atoms with Gasteiger partial charge in [-0.15, -0.1) is 11.3 Å². The van der Waals surface area contributed by atoms with E-state index in [2.05, 4.69) is 109 Å². The van der Waals surface area contributed by atoms with Crippen LogP contribution in [-0.4, -0.2) is 15.0 Å². The molecule has 12 aromatic rings. The smallest absolute Gasteiger partial charge is 0.164 e. The topological polar surface area (TPSA) is 65.0 Å². The highest BCUT2D eigenvalue weighted by molar-refractivity contribution is 7.26. The molecular weight excluding hydrogens is 719 g/mol. The van der Waals surface area contributed by atoms with Crippen molar-refractivity contribution in [3.05, 3.63) is 176 Å². The highest BCUT2D eigenvalue weighted by Crippen LogP contribution is 2.46. The molecule has 0 amide bonds. The number of rotatable bonds is 5. The van der Waals surface area contributed by atoms with Crippen LogP contribution >= 0.6 is 11.3 Å². The molecular formula is C51H29N3O2S. The van der Waals surface area contributed by atoms with Crippen LogP contribution in [0.2, 0.25) is 0 Å². The van der Waals surface area contributed by atoms with Crippen LogP contribution in [0.1, 0.15) is 0 Å². The fourth-order valence-corrected chi connectivity index (χ4v) is 9.59. The monoisotopic (exact) mass is 747 g/mol. The molecule has 5 nitrogen and oxygen atoms in total. The quantitative estimate of drug-likeness (QED) is 0.175. The van der Waals surface area contributed by atoms with Crippen LogP contribution in [0.15, 0.2) is 185 Å². The van der Waals surface area contributed by atoms with Crippen LogP contribution < -0.4 is 0 Å². The predicted molar refractivity (Wildman–Crippen MR) is 234 cm³/mol. The number of hydrogen-bond acceptors (Lipinski definition) is 6. The zero-order valence-electron chi connectivity index (χ0n) is 30.3. The average molecular weight is 748 g/mol. The predicted octanol–water partition coefficient (Wildman–Crippen LogP) is 14.4. The third kappa shape index (κ3) is 5.12. The second-order valence-corrected chi connectivity index (χ2v) is 15.4. The lowest BCUT2D eigenvalue weighted by Crippen LogP contribution is -2.00. The molecule has 57 heavy (non-hydrogen) atoms. The van der Waals surface area contributed by atoms with Gasteiger partial charge in [0.1, 0.15) is 22.3 Å².